The first-order valence-corrected chi connectivity index (χ1v) is 14.6. The van der Waals surface area contributed by atoms with Crippen molar-refractivity contribution in [2.24, 2.45) is 0 Å². The number of esters is 1. The number of amides is 2. The monoisotopic (exact) mass is 626 g/mol. The van der Waals surface area contributed by atoms with E-state index < -0.39 is 29.6 Å². The Morgan fingerprint density at radius 3 is 2.60 bits per heavy atom. The van der Waals surface area contributed by atoms with E-state index in [0.717, 1.165) is 5.56 Å². The molecular weight excluding hydrogens is 592 g/mol. The van der Waals surface area contributed by atoms with Gasteiger partial charge in [-0.3, -0.25) is 15.0 Å². The van der Waals surface area contributed by atoms with Crippen LogP contribution in [-0.4, -0.2) is 64.9 Å². The van der Waals surface area contributed by atoms with Crippen LogP contribution in [0.2, 0.25) is 5.02 Å². The number of morpholine rings is 1. The van der Waals surface area contributed by atoms with Crippen molar-refractivity contribution in [3.63, 3.8) is 0 Å². The van der Waals surface area contributed by atoms with Gasteiger partial charge < -0.3 is 24.1 Å². The van der Waals surface area contributed by atoms with Crippen molar-refractivity contribution in [3.8, 4) is 0 Å². The molecule has 1 unspecified atom stereocenters. The van der Waals surface area contributed by atoms with Gasteiger partial charge in [-0.1, -0.05) is 35.9 Å². The van der Waals surface area contributed by atoms with E-state index in [4.69, 9.17) is 38.0 Å². The Hall–Kier alpha value is -3.93. The molecule has 2 amide bonds. The third-order valence-electron chi connectivity index (χ3n) is 6.55. The normalized spacial score (nSPS) is 15.0. The summed E-state index contributed by atoms with van der Waals surface area (Å²) < 4.78 is 16.7. The number of benzene rings is 2. The minimum absolute atomic E-state index is 0.0591. The second kappa shape index (κ2) is 14.0. The molecule has 0 aliphatic carbocycles. The van der Waals surface area contributed by atoms with E-state index in [1.807, 2.05) is 32.9 Å². The Balaban J connectivity index is 1.73. The molecule has 1 aromatic heterocycles. The number of rotatable bonds is 7. The largest absolute Gasteiger partial charge is 0.461 e. The molecule has 1 aliphatic rings. The summed E-state index contributed by atoms with van der Waals surface area (Å²) in [5.41, 5.74) is 1.76. The zero-order valence-corrected chi connectivity index (χ0v) is 26.1. The molecule has 10 nitrogen and oxygen atoms in total. The molecule has 0 bridgehead atoms. The average molecular weight is 627 g/mol. The standard InChI is InChI=1S/C31H35ClN4O6S/c1-5-41-28(38)26-24(13-14-33-26)36(29(43)34-27(37)20-9-7-6-8-10-20)18-21-11-12-22(32)17-23(21)25-19-40-16-15-35(25)30(39)42-31(2,3)4/h6-14,17,25,33H,5,15-16,18-19H2,1-4H3,(H,34,37,43). The number of H-pyrrole nitrogens is 1. The highest BCUT2D eigenvalue weighted by Crippen LogP contribution is 2.33. The first-order chi connectivity index (χ1) is 20.5. The van der Waals surface area contributed by atoms with E-state index in [9.17, 15) is 14.4 Å². The molecule has 2 aromatic carbocycles. The van der Waals surface area contributed by atoms with Crippen LogP contribution in [0.25, 0.3) is 0 Å². The minimum Gasteiger partial charge on any atom is -0.461 e. The van der Waals surface area contributed by atoms with Crippen LogP contribution in [0.15, 0.2) is 60.8 Å². The summed E-state index contributed by atoms with van der Waals surface area (Å²) >= 11 is 12.2. The smallest absolute Gasteiger partial charge is 0.410 e. The number of ether oxygens (including phenoxy) is 3. The van der Waals surface area contributed by atoms with Gasteiger partial charge in [0, 0.05) is 23.3 Å². The summed E-state index contributed by atoms with van der Waals surface area (Å²) in [6.07, 6.45) is 1.13. The Morgan fingerprint density at radius 2 is 1.91 bits per heavy atom. The van der Waals surface area contributed by atoms with Crippen molar-refractivity contribution in [2.75, 3.05) is 31.3 Å². The highest BCUT2D eigenvalue weighted by atomic mass is 35.5. The maximum atomic E-state index is 13.2. The number of hydrogen-bond donors (Lipinski definition) is 2. The van der Waals surface area contributed by atoms with E-state index in [2.05, 4.69) is 10.3 Å². The molecule has 1 fully saturated rings. The maximum Gasteiger partial charge on any atom is 0.410 e. The second-order valence-corrected chi connectivity index (χ2v) is 11.6. The zero-order chi connectivity index (χ0) is 31.1. The number of aromatic nitrogens is 1. The van der Waals surface area contributed by atoms with Crippen LogP contribution < -0.4 is 10.2 Å². The fourth-order valence-corrected chi connectivity index (χ4v) is 5.07. The average Bonchev–Trinajstić information content (AvgIpc) is 3.46. The van der Waals surface area contributed by atoms with E-state index >= 15 is 0 Å². The molecule has 4 rings (SSSR count). The molecular formula is C31H35ClN4O6S. The number of hydrogen-bond acceptors (Lipinski definition) is 7. The number of aromatic amines is 1. The fourth-order valence-electron chi connectivity index (χ4n) is 4.64. The summed E-state index contributed by atoms with van der Waals surface area (Å²) in [7, 11) is 0. The van der Waals surface area contributed by atoms with Crippen LogP contribution >= 0.6 is 23.8 Å². The quantitative estimate of drug-likeness (QED) is 0.247. The summed E-state index contributed by atoms with van der Waals surface area (Å²) in [6, 6.07) is 15.2. The van der Waals surface area contributed by atoms with Gasteiger partial charge >= 0.3 is 12.1 Å². The van der Waals surface area contributed by atoms with Gasteiger partial charge in [-0.15, -0.1) is 0 Å². The van der Waals surface area contributed by atoms with Crippen LogP contribution in [0.5, 0.6) is 0 Å². The third kappa shape index (κ3) is 8.13. The van der Waals surface area contributed by atoms with Gasteiger partial charge in [0.2, 0.25) is 0 Å². The summed E-state index contributed by atoms with van der Waals surface area (Å²) in [5.74, 6) is -0.977. The van der Waals surface area contributed by atoms with Gasteiger partial charge in [-0.25, -0.2) is 9.59 Å². The van der Waals surface area contributed by atoms with Crippen molar-refractivity contribution < 1.29 is 28.6 Å². The lowest BCUT2D eigenvalue weighted by molar-refractivity contribution is -0.0332. The van der Waals surface area contributed by atoms with Gasteiger partial charge in [-0.05, 0) is 81.4 Å². The van der Waals surface area contributed by atoms with Crippen LogP contribution in [0, 0.1) is 0 Å². The zero-order valence-electron chi connectivity index (χ0n) is 24.5. The summed E-state index contributed by atoms with van der Waals surface area (Å²) in [4.78, 5) is 45.3. The minimum atomic E-state index is -0.686. The van der Waals surface area contributed by atoms with Gasteiger partial charge in [0.1, 0.15) is 11.3 Å². The summed E-state index contributed by atoms with van der Waals surface area (Å²) in [6.45, 7) is 8.35. The molecule has 1 saturated heterocycles. The molecule has 43 heavy (non-hydrogen) atoms. The highest BCUT2D eigenvalue weighted by Gasteiger charge is 2.34. The van der Waals surface area contributed by atoms with E-state index in [1.165, 1.54) is 0 Å². The van der Waals surface area contributed by atoms with Crippen LogP contribution in [0.1, 0.15) is 65.7 Å². The molecule has 2 N–H and O–H groups in total. The number of carbonyl (C=O) groups excluding carboxylic acids is 3. The second-order valence-electron chi connectivity index (χ2n) is 10.8. The van der Waals surface area contributed by atoms with E-state index in [-0.39, 0.29) is 30.6 Å². The molecule has 1 aliphatic heterocycles. The first-order valence-electron chi connectivity index (χ1n) is 13.9. The first kappa shape index (κ1) is 32.0. The lowest BCUT2D eigenvalue weighted by Crippen LogP contribution is -2.46. The van der Waals surface area contributed by atoms with Crippen molar-refractivity contribution in [3.05, 3.63) is 88.2 Å². The molecule has 12 heteroatoms. The third-order valence-corrected chi connectivity index (χ3v) is 7.11. The topological polar surface area (TPSA) is 113 Å². The fraction of sp³-hybridized carbons (Fsp3) is 0.355. The molecule has 3 aromatic rings. The molecule has 0 saturated carbocycles. The van der Waals surface area contributed by atoms with Crippen LogP contribution in [0.4, 0.5) is 10.5 Å². The van der Waals surface area contributed by atoms with Crippen molar-refractivity contribution in [1.82, 2.24) is 15.2 Å². The Bertz CT molecular complexity index is 1470. The van der Waals surface area contributed by atoms with Crippen LogP contribution in [0.3, 0.4) is 0 Å². The number of nitrogens with one attached hydrogen (secondary N) is 2. The molecule has 2 heterocycles. The Morgan fingerprint density at radius 1 is 1.16 bits per heavy atom. The van der Waals surface area contributed by atoms with Crippen molar-refractivity contribution >= 4 is 52.6 Å². The van der Waals surface area contributed by atoms with E-state index in [1.54, 1.807) is 65.4 Å². The van der Waals surface area contributed by atoms with E-state index in [0.29, 0.717) is 35.0 Å². The maximum absolute atomic E-state index is 13.2. The van der Waals surface area contributed by atoms with Crippen LogP contribution in [-0.2, 0) is 20.8 Å². The molecule has 0 radical (unpaired) electrons. The van der Waals surface area contributed by atoms with Crippen molar-refractivity contribution in [1.29, 1.82) is 0 Å². The van der Waals surface area contributed by atoms with Gasteiger partial charge in [0.05, 0.1) is 38.1 Å². The lowest BCUT2D eigenvalue weighted by Gasteiger charge is -2.38. The molecule has 1 atom stereocenters. The summed E-state index contributed by atoms with van der Waals surface area (Å²) in [5, 5.41) is 3.31. The number of carbonyl (C=O) groups is 3. The van der Waals surface area contributed by atoms with Gasteiger partial charge in [-0.2, -0.15) is 0 Å². The molecule has 0 spiro atoms. The molecule has 228 valence electrons. The lowest BCUT2D eigenvalue weighted by atomic mass is 9.98. The van der Waals surface area contributed by atoms with Crippen molar-refractivity contribution in [2.45, 2.75) is 45.9 Å². The predicted octanol–water partition coefficient (Wildman–Crippen LogP) is 5.87. The Labute approximate surface area is 261 Å². The Kier molecular flexibility index (Phi) is 10.4. The van der Waals surface area contributed by atoms with Gasteiger partial charge in [0.25, 0.3) is 5.91 Å². The van der Waals surface area contributed by atoms with Gasteiger partial charge in [0.15, 0.2) is 5.11 Å². The number of nitrogens with zero attached hydrogens (tertiary/aromatic N) is 2. The number of halogens is 1. The number of thiocarbonyl (C=S) groups is 1. The predicted molar refractivity (Wildman–Crippen MR) is 167 cm³/mol. The SMILES string of the molecule is CCOC(=O)c1[nH]ccc1N(Cc1ccc(Cl)cc1C1COCCN1C(=O)OC(C)(C)C)C(=S)NC(=O)c1ccccc1. The highest BCUT2D eigenvalue weighted by molar-refractivity contribution is 7.80. The number of anilines is 1.